The first-order valence-electron chi connectivity index (χ1n) is 8.26. The zero-order valence-corrected chi connectivity index (χ0v) is 15.6. The van der Waals surface area contributed by atoms with Gasteiger partial charge in [0, 0.05) is 24.2 Å². The van der Waals surface area contributed by atoms with Crippen molar-refractivity contribution in [2.24, 2.45) is 5.92 Å². The number of aromatic nitrogens is 1. The monoisotopic (exact) mass is 336 g/mol. The van der Waals surface area contributed by atoms with Gasteiger partial charge >= 0.3 is 5.97 Å². The summed E-state index contributed by atoms with van der Waals surface area (Å²) in [5, 5.41) is 0. The Labute approximate surface area is 143 Å². The Balaban J connectivity index is 3.22. The van der Waals surface area contributed by atoms with E-state index in [0.29, 0.717) is 29.8 Å². The van der Waals surface area contributed by atoms with Crippen LogP contribution in [0, 0.1) is 19.8 Å². The Hall–Kier alpha value is -2.11. The van der Waals surface area contributed by atoms with Crippen molar-refractivity contribution in [3.63, 3.8) is 0 Å². The molecule has 1 rings (SSSR count). The van der Waals surface area contributed by atoms with Gasteiger partial charge in [0.1, 0.15) is 5.69 Å². The number of methoxy groups -OCH3 is 1. The number of H-pyrrole nitrogens is 1. The molecule has 1 amide bonds. The van der Waals surface area contributed by atoms with Crippen molar-refractivity contribution in [1.29, 1.82) is 0 Å². The molecule has 0 aliphatic carbocycles. The molecule has 1 aromatic heterocycles. The summed E-state index contributed by atoms with van der Waals surface area (Å²) in [4.78, 5) is 41.6. The van der Waals surface area contributed by atoms with E-state index in [4.69, 9.17) is 4.74 Å². The molecule has 0 bridgehead atoms. The molecule has 0 aliphatic rings. The smallest absolute Gasteiger partial charge is 0.354 e. The van der Waals surface area contributed by atoms with Crippen LogP contribution in [0.5, 0.6) is 0 Å². The number of hydrogen-bond donors (Lipinski definition) is 1. The van der Waals surface area contributed by atoms with Crippen LogP contribution in [-0.4, -0.2) is 47.2 Å². The summed E-state index contributed by atoms with van der Waals surface area (Å²) in [5.41, 5.74) is 1.91. The zero-order valence-electron chi connectivity index (χ0n) is 15.6. The Kier molecular flexibility index (Phi) is 6.75. The molecule has 1 atom stereocenters. The molecule has 0 fully saturated rings. The third-order valence-corrected chi connectivity index (χ3v) is 4.11. The molecule has 0 spiro atoms. The van der Waals surface area contributed by atoms with Crippen molar-refractivity contribution in [3.8, 4) is 0 Å². The molecule has 0 aromatic carbocycles. The third kappa shape index (κ3) is 4.04. The van der Waals surface area contributed by atoms with Crippen LogP contribution in [0.3, 0.4) is 0 Å². The van der Waals surface area contributed by atoms with Gasteiger partial charge in [0.15, 0.2) is 5.78 Å². The quantitative estimate of drug-likeness (QED) is 0.613. The number of carbonyl (C=O) groups is 3. The van der Waals surface area contributed by atoms with Crippen LogP contribution in [0.4, 0.5) is 0 Å². The fraction of sp³-hybridized carbons (Fsp3) is 0.611. The highest BCUT2D eigenvalue weighted by Gasteiger charge is 2.30. The first-order valence-corrected chi connectivity index (χ1v) is 8.26. The molecule has 134 valence electrons. The molecule has 1 heterocycles. The largest absolute Gasteiger partial charge is 0.464 e. The number of nitrogens with one attached hydrogen (secondary N) is 1. The number of rotatable bonds is 7. The van der Waals surface area contributed by atoms with E-state index in [2.05, 4.69) is 4.98 Å². The average Bonchev–Trinajstić information content (AvgIpc) is 2.84. The Morgan fingerprint density at radius 3 is 2.21 bits per heavy atom. The van der Waals surface area contributed by atoms with Crippen molar-refractivity contribution < 1.29 is 19.1 Å². The lowest BCUT2D eigenvalue weighted by molar-refractivity contribution is -0.132. The number of Topliss-reactive ketones (excluding diaryl/α,β-unsaturated/α-hetero) is 1. The van der Waals surface area contributed by atoms with E-state index in [1.54, 1.807) is 32.6 Å². The van der Waals surface area contributed by atoms with E-state index in [1.807, 2.05) is 13.8 Å². The lowest BCUT2D eigenvalue weighted by Gasteiger charge is -2.30. The van der Waals surface area contributed by atoms with Gasteiger partial charge in [0.05, 0.1) is 13.2 Å². The van der Waals surface area contributed by atoms with Gasteiger partial charge in [-0.15, -0.1) is 0 Å². The molecular formula is C18H28N2O4. The topological polar surface area (TPSA) is 79.5 Å². The molecule has 0 saturated heterocycles. The summed E-state index contributed by atoms with van der Waals surface area (Å²) >= 11 is 0. The molecule has 6 heteroatoms. The van der Waals surface area contributed by atoms with Gasteiger partial charge in [-0.1, -0.05) is 20.8 Å². The fourth-order valence-electron chi connectivity index (χ4n) is 2.85. The summed E-state index contributed by atoms with van der Waals surface area (Å²) in [6, 6.07) is -0.585. The summed E-state index contributed by atoms with van der Waals surface area (Å²) < 4.78 is 4.74. The second-order valence-electron chi connectivity index (χ2n) is 6.45. The molecule has 1 aromatic rings. The number of aromatic amines is 1. The second-order valence-corrected chi connectivity index (χ2v) is 6.45. The number of esters is 1. The van der Waals surface area contributed by atoms with Gasteiger partial charge in [-0.2, -0.15) is 0 Å². The Morgan fingerprint density at radius 2 is 1.75 bits per heavy atom. The van der Waals surface area contributed by atoms with Gasteiger partial charge in [0.25, 0.3) is 0 Å². The van der Waals surface area contributed by atoms with Crippen LogP contribution in [0.2, 0.25) is 0 Å². The molecule has 6 nitrogen and oxygen atoms in total. The van der Waals surface area contributed by atoms with Crippen LogP contribution in [0.25, 0.3) is 0 Å². The Bertz CT molecular complexity index is 631. The van der Waals surface area contributed by atoms with Crippen molar-refractivity contribution in [1.82, 2.24) is 9.88 Å². The molecule has 0 aliphatic heterocycles. The minimum Gasteiger partial charge on any atom is -0.464 e. The van der Waals surface area contributed by atoms with Gasteiger partial charge in [-0.25, -0.2) is 4.79 Å². The van der Waals surface area contributed by atoms with Gasteiger partial charge in [0.2, 0.25) is 5.91 Å². The number of carbonyl (C=O) groups excluding carboxylic acids is 3. The molecule has 0 radical (unpaired) electrons. The van der Waals surface area contributed by atoms with Crippen molar-refractivity contribution >= 4 is 17.7 Å². The summed E-state index contributed by atoms with van der Waals surface area (Å²) in [7, 11) is 1.30. The van der Waals surface area contributed by atoms with Crippen LogP contribution in [0.15, 0.2) is 0 Å². The van der Waals surface area contributed by atoms with E-state index in [9.17, 15) is 14.4 Å². The molecule has 24 heavy (non-hydrogen) atoms. The van der Waals surface area contributed by atoms with E-state index >= 15 is 0 Å². The maximum Gasteiger partial charge on any atom is 0.354 e. The molecule has 1 N–H and O–H groups in total. The van der Waals surface area contributed by atoms with Gasteiger partial charge in [-0.3, -0.25) is 9.59 Å². The maximum atomic E-state index is 13.0. The first-order chi connectivity index (χ1) is 11.1. The SMILES string of the molecule is CCC(=O)N(CC(C)C)C(C)C(=O)c1c(C)[nH]c(C(=O)OC)c1C. The number of amides is 1. The van der Waals surface area contributed by atoms with Gasteiger partial charge in [-0.05, 0) is 32.3 Å². The average molecular weight is 336 g/mol. The summed E-state index contributed by atoms with van der Waals surface area (Å²) in [6.07, 6.45) is 0.350. The molecular weight excluding hydrogens is 308 g/mol. The summed E-state index contributed by atoms with van der Waals surface area (Å²) in [6.45, 7) is 11.5. The van der Waals surface area contributed by atoms with Crippen LogP contribution < -0.4 is 0 Å². The zero-order chi connectivity index (χ0) is 18.6. The lowest BCUT2D eigenvalue weighted by atomic mass is 9.99. The standard InChI is InChI=1S/C18H28N2O4/c1-8-14(21)20(9-10(2)3)13(6)17(22)15-11(4)16(18(23)24-7)19-12(15)5/h10,13,19H,8-9H2,1-7H3. The highest BCUT2D eigenvalue weighted by Crippen LogP contribution is 2.22. The predicted molar refractivity (Wildman–Crippen MR) is 92.2 cm³/mol. The number of ether oxygens (including phenoxy) is 1. The van der Waals surface area contributed by atoms with E-state index in [0.717, 1.165) is 0 Å². The lowest BCUT2D eigenvalue weighted by Crippen LogP contribution is -2.45. The first kappa shape index (κ1) is 19.9. The number of nitrogens with zero attached hydrogens (tertiary/aromatic N) is 1. The molecule has 0 saturated carbocycles. The van der Waals surface area contributed by atoms with Crippen molar-refractivity contribution in [2.45, 2.75) is 54.0 Å². The number of hydrogen-bond acceptors (Lipinski definition) is 4. The van der Waals surface area contributed by atoms with E-state index < -0.39 is 12.0 Å². The maximum absolute atomic E-state index is 13.0. The highest BCUT2D eigenvalue weighted by molar-refractivity contribution is 6.06. The Morgan fingerprint density at radius 1 is 1.17 bits per heavy atom. The number of ketones is 1. The van der Waals surface area contributed by atoms with E-state index in [-0.39, 0.29) is 23.3 Å². The normalized spacial score (nSPS) is 12.2. The minimum atomic E-state index is -0.585. The fourth-order valence-corrected chi connectivity index (χ4v) is 2.85. The van der Waals surface area contributed by atoms with Crippen molar-refractivity contribution in [3.05, 3.63) is 22.5 Å². The van der Waals surface area contributed by atoms with Crippen LogP contribution in [0.1, 0.15) is 66.2 Å². The third-order valence-electron chi connectivity index (χ3n) is 4.11. The van der Waals surface area contributed by atoms with E-state index in [1.165, 1.54) is 7.11 Å². The van der Waals surface area contributed by atoms with Gasteiger partial charge < -0.3 is 14.6 Å². The second kappa shape index (κ2) is 8.13. The minimum absolute atomic E-state index is 0.0522. The van der Waals surface area contributed by atoms with Crippen molar-refractivity contribution in [2.75, 3.05) is 13.7 Å². The number of aryl methyl sites for hydroxylation is 1. The van der Waals surface area contributed by atoms with Crippen LogP contribution in [-0.2, 0) is 9.53 Å². The summed E-state index contributed by atoms with van der Waals surface area (Å²) in [5.74, 6) is -0.469. The van der Waals surface area contributed by atoms with Crippen LogP contribution >= 0.6 is 0 Å². The molecule has 1 unspecified atom stereocenters. The predicted octanol–water partition coefficient (Wildman–Crippen LogP) is 2.88. The highest BCUT2D eigenvalue weighted by atomic mass is 16.5.